The normalized spacial score (nSPS) is 10.4. The zero-order chi connectivity index (χ0) is 8.36. The second-order valence-electron chi connectivity index (χ2n) is 2.88. The fraction of sp³-hybridized carbons (Fsp3) is 1.00. The molecule has 0 saturated carbocycles. The van der Waals surface area contributed by atoms with Gasteiger partial charge in [-0.1, -0.05) is 26.7 Å². The lowest BCUT2D eigenvalue weighted by molar-refractivity contribution is 0.554. The Morgan fingerprint density at radius 3 is 2.18 bits per heavy atom. The smallest absolute Gasteiger partial charge is 0.0454 e. The predicted octanol–water partition coefficient (Wildman–Crippen LogP) is 1.72. The molecule has 11 heavy (non-hydrogen) atoms. The molecular weight excluding hydrogens is 136 g/mol. The largest absolute Gasteiger partial charge is 0.305 e. The Bertz CT molecular complexity index is 56.6. The van der Waals surface area contributed by atoms with E-state index in [0.29, 0.717) is 0 Å². The Morgan fingerprint density at radius 1 is 0.818 bits per heavy atom. The van der Waals surface area contributed by atoms with Crippen molar-refractivity contribution < 1.29 is 0 Å². The van der Waals surface area contributed by atoms with Gasteiger partial charge in [0.1, 0.15) is 0 Å². The molecule has 0 aliphatic heterocycles. The molecule has 0 aromatic carbocycles. The van der Waals surface area contributed by atoms with Gasteiger partial charge in [0.2, 0.25) is 0 Å². The van der Waals surface area contributed by atoms with Crippen molar-refractivity contribution in [3.63, 3.8) is 0 Å². The molecule has 0 saturated heterocycles. The van der Waals surface area contributed by atoms with Crippen LogP contribution in [-0.4, -0.2) is 19.8 Å². The molecule has 0 rings (SSSR count). The maximum Gasteiger partial charge on any atom is 0.0454 e. The minimum absolute atomic E-state index is 0.970. The molecule has 0 heterocycles. The van der Waals surface area contributed by atoms with Crippen molar-refractivity contribution >= 4 is 0 Å². The van der Waals surface area contributed by atoms with E-state index in [9.17, 15) is 0 Å². The van der Waals surface area contributed by atoms with Gasteiger partial charge in [-0.15, -0.1) is 0 Å². The minimum Gasteiger partial charge on any atom is -0.305 e. The van der Waals surface area contributed by atoms with Crippen LogP contribution in [0.1, 0.15) is 39.5 Å². The number of rotatable bonds is 8. The Kier molecular flexibility index (Phi) is 9.85. The van der Waals surface area contributed by atoms with E-state index < -0.39 is 0 Å². The highest BCUT2D eigenvalue weighted by atomic mass is 15.0. The molecular formula is C9H22N2. The van der Waals surface area contributed by atoms with Crippen LogP contribution in [0.2, 0.25) is 0 Å². The first kappa shape index (κ1) is 10.9. The molecule has 0 spiro atoms. The average Bonchev–Trinajstić information content (AvgIpc) is 2.03. The van der Waals surface area contributed by atoms with Crippen molar-refractivity contribution in [2.24, 2.45) is 0 Å². The molecule has 0 aromatic rings. The maximum absolute atomic E-state index is 3.34. The van der Waals surface area contributed by atoms with Crippen LogP contribution in [0.25, 0.3) is 0 Å². The summed E-state index contributed by atoms with van der Waals surface area (Å²) in [5, 5.41) is 6.64. The van der Waals surface area contributed by atoms with Gasteiger partial charge in [-0.3, -0.25) is 0 Å². The predicted molar refractivity (Wildman–Crippen MR) is 50.7 cm³/mol. The third-order valence-corrected chi connectivity index (χ3v) is 1.63. The van der Waals surface area contributed by atoms with Gasteiger partial charge in [-0.2, -0.15) is 0 Å². The van der Waals surface area contributed by atoms with E-state index in [4.69, 9.17) is 0 Å². The van der Waals surface area contributed by atoms with Crippen LogP contribution in [-0.2, 0) is 0 Å². The molecule has 0 fully saturated rings. The summed E-state index contributed by atoms with van der Waals surface area (Å²) in [5.74, 6) is 0. The van der Waals surface area contributed by atoms with Gasteiger partial charge in [0.05, 0.1) is 0 Å². The van der Waals surface area contributed by atoms with E-state index in [-0.39, 0.29) is 0 Å². The molecule has 0 unspecified atom stereocenters. The SMILES string of the molecule is CCCCCNCNCCC. The first-order chi connectivity index (χ1) is 5.41. The topological polar surface area (TPSA) is 24.1 Å². The minimum atomic E-state index is 0.970. The van der Waals surface area contributed by atoms with E-state index >= 15 is 0 Å². The van der Waals surface area contributed by atoms with Gasteiger partial charge in [0.15, 0.2) is 0 Å². The maximum atomic E-state index is 3.34. The third kappa shape index (κ3) is 9.92. The van der Waals surface area contributed by atoms with Crippen molar-refractivity contribution in [1.29, 1.82) is 0 Å². The highest BCUT2D eigenvalue weighted by molar-refractivity contribution is 4.46. The lowest BCUT2D eigenvalue weighted by Crippen LogP contribution is -2.29. The number of hydrogen-bond acceptors (Lipinski definition) is 2. The summed E-state index contributed by atoms with van der Waals surface area (Å²) in [5.41, 5.74) is 0. The first-order valence-electron chi connectivity index (χ1n) is 4.83. The summed E-state index contributed by atoms with van der Waals surface area (Å²) >= 11 is 0. The van der Waals surface area contributed by atoms with E-state index in [2.05, 4.69) is 24.5 Å². The summed E-state index contributed by atoms with van der Waals surface area (Å²) in [6, 6.07) is 0. The Balaban J connectivity index is 2.69. The van der Waals surface area contributed by atoms with Crippen molar-refractivity contribution in [3.05, 3.63) is 0 Å². The molecule has 0 aliphatic rings. The van der Waals surface area contributed by atoms with Crippen molar-refractivity contribution in [1.82, 2.24) is 10.6 Å². The van der Waals surface area contributed by atoms with Crippen molar-refractivity contribution in [3.8, 4) is 0 Å². The third-order valence-electron chi connectivity index (χ3n) is 1.63. The fourth-order valence-corrected chi connectivity index (χ4v) is 0.942. The average molecular weight is 158 g/mol. The zero-order valence-electron chi connectivity index (χ0n) is 7.95. The van der Waals surface area contributed by atoms with Gasteiger partial charge < -0.3 is 10.6 Å². The van der Waals surface area contributed by atoms with Gasteiger partial charge in [-0.25, -0.2) is 0 Å². The van der Waals surface area contributed by atoms with Crippen LogP contribution in [0.3, 0.4) is 0 Å². The second-order valence-corrected chi connectivity index (χ2v) is 2.88. The monoisotopic (exact) mass is 158 g/mol. The molecule has 0 aromatic heterocycles. The van der Waals surface area contributed by atoms with E-state index in [0.717, 1.165) is 19.8 Å². The molecule has 0 amide bonds. The van der Waals surface area contributed by atoms with Crippen LogP contribution in [0.15, 0.2) is 0 Å². The Morgan fingerprint density at radius 2 is 1.55 bits per heavy atom. The zero-order valence-corrected chi connectivity index (χ0v) is 7.95. The quantitative estimate of drug-likeness (QED) is 0.415. The molecule has 2 N–H and O–H groups in total. The summed E-state index contributed by atoms with van der Waals surface area (Å²) in [7, 11) is 0. The Hall–Kier alpha value is -0.0800. The Labute approximate surface area is 70.8 Å². The van der Waals surface area contributed by atoms with Crippen LogP contribution in [0.4, 0.5) is 0 Å². The summed E-state index contributed by atoms with van der Waals surface area (Å²) in [4.78, 5) is 0. The van der Waals surface area contributed by atoms with Crippen molar-refractivity contribution in [2.75, 3.05) is 19.8 Å². The van der Waals surface area contributed by atoms with Gasteiger partial charge >= 0.3 is 0 Å². The van der Waals surface area contributed by atoms with E-state index in [1.165, 1.54) is 25.7 Å². The lowest BCUT2D eigenvalue weighted by atomic mass is 10.2. The molecule has 0 atom stereocenters. The molecule has 0 bridgehead atoms. The summed E-state index contributed by atoms with van der Waals surface area (Å²) < 4.78 is 0. The molecule has 2 heteroatoms. The number of unbranched alkanes of at least 4 members (excludes halogenated alkanes) is 2. The highest BCUT2D eigenvalue weighted by Crippen LogP contribution is 1.90. The molecule has 0 radical (unpaired) electrons. The van der Waals surface area contributed by atoms with E-state index in [1.807, 2.05) is 0 Å². The van der Waals surface area contributed by atoms with Gasteiger partial charge in [0.25, 0.3) is 0 Å². The summed E-state index contributed by atoms with van der Waals surface area (Å²) in [6.07, 6.45) is 5.19. The molecule has 2 nitrogen and oxygen atoms in total. The lowest BCUT2D eigenvalue weighted by Gasteiger charge is -2.04. The van der Waals surface area contributed by atoms with E-state index in [1.54, 1.807) is 0 Å². The number of hydrogen-bond donors (Lipinski definition) is 2. The van der Waals surface area contributed by atoms with Crippen LogP contribution in [0.5, 0.6) is 0 Å². The van der Waals surface area contributed by atoms with Crippen molar-refractivity contribution in [2.45, 2.75) is 39.5 Å². The summed E-state index contributed by atoms with van der Waals surface area (Å²) in [6.45, 7) is 7.67. The standard InChI is InChI=1S/C9H22N2/c1-3-5-6-8-11-9-10-7-4-2/h10-11H,3-9H2,1-2H3. The molecule has 68 valence electrons. The van der Waals surface area contributed by atoms with Crippen LogP contribution in [0, 0.1) is 0 Å². The highest BCUT2D eigenvalue weighted by Gasteiger charge is 1.85. The first-order valence-corrected chi connectivity index (χ1v) is 4.83. The van der Waals surface area contributed by atoms with Crippen LogP contribution < -0.4 is 10.6 Å². The fourth-order valence-electron chi connectivity index (χ4n) is 0.942. The molecule has 0 aliphatic carbocycles. The van der Waals surface area contributed by atoms with Crippen LogP contribution >= 0.6 is 0 Å². The van der Waals surface area contributed by atoms with Gasteiger partial charge in [0, 0.05) is 6.67 Å². The van der Waals surface area contributed by atoms with Gasteiger partial charge in [-0.05, 0) is 25.9 Å². The second kappa shape index (κ2) is 9.92. The number of nitrogens with one attached hydrogen (secondary N) is 2.